The van der Waals surface area contributed by atoms with Crippen LogP contribution in [0.1, 0.15) is 49.7 Å². The Morgan fingerprint density at radius 3 is 2.63 bits per heavy atom. The molecule has 0 saturated carbocycles. The van der Waals surface area contributed by atoms with E-state index in [9.17, 15) is 9.59 Å². The molecular formula is C25H35N3O2. The minimum absolute atomic E-state index is 0.0433. The first-order valence-corrected chi connectivity index (χ1v) is 11.1. The van der Waals surface area contributed by atoms with E-state index in [-0.39, 0.29) is 23.8 Å². The molecule has 0 bridgehead atoms. The second-order valence-corrected chi connectivity index (χ2v) is 8.62. The number of carbonyl (C=O) groups excluding carboxylic acids is 2. The summed E-state index contributed by atoms with van der Waals surface area (Å²) in [5.41, 5.74) is 2.17. The van der Waals surface area contributed by atoms with E-state index in [0.29, 0.717) is 13.1 Å². The minimum Gasteiger partial charge on any atom is -0.353 e. The quantitative estimate of drug-likeness (QED) is 0.668. The molecule has 5 nitrogen and oxygen atoms in total. The molecule has 1 aromatic rings. The molecule has 0 aliphatic carbocycles. The lowest BCUT2D eigenvalue weighted by Gasteiger charge is -2.48. The zero-order valence-electron chi connectivity index (χ0n) is 18.2. The third kappa shape index (κ3) is 4.84. The fraction of sp³-hybridized carbons (Fsp3) is 0.520. The summed E-state index contributed by atoms with van der Waals surface area (Å²) in [6, 6.07) is 7.81. The number of carbonyl (C=O) groups is 2. The van der Waals surface area contributed by atoms with Crippen molar-refractivity contribution < 1.29 is 9.59 Å². The number of benzene rings is 1. The van der Waals surface area contributed by atoms with Gasteiger partial charge in [-0.15, -0.1) is 13.2 Å². The summed E-state index contributed by atoms with van der Waals surface area (Å²) in [7, 11) is 0. The number of piperazine rings is 1. The summed E-state index contributed by atoms with van der Waals surface area (Å²) in [6.07, 6.45) is 8.62. The van der Waals surface area contributed by atoms with Crippen LogP contribution in [0.3, 0.4) is 0 Å². The molecule has 2 heterocycles. The molecule has 1 N–H and O–H groups in total. The number of aryl methyl sites for hydroxylation is 1. The van der Waals surface area contributed by atoms with Gasteiger partial charge in [0, 0.05) is 31.7 Å². The second-order valence-electron chi connectivity index (χ2n) is 8.62. The smallest absolute Gasteiger partial charge is 0.237 e. The van der Waals surface area contributed by atoms with E-state index >= 15 is 0 Å². The van der Waals surface area contributed by atoms with Crippen LogP contribution in [0.25, 0.3) is 0 Å². The summed E-state index contributed by atoms with van der Waals surface area (Å²) in [5, 5.41) is 2.96. The highest BCUT2D eigenvalue weighted by Crippen LogP contribution is 2.36. The maximum Gasteiger partial charge on any atom is 0.237 e. The highest BCUT2D eigenvalue weighted by molar-refractivity contribution is 5.89. The first kappa shape index (κ1) is 22.3. The first-order valence-electron chi connectivity index (χ1n) is 11.1. The number of nitrogens with zero attached hydrogens (tertiary/aromatic N) is 2. The van der Waals surface area contributed by atoms with Crippen molar-refractivity contribution in [2.75, 3.05) is 19.6 Å². The standard InChI is InChI=1S/C25H35N3O2/c1-4-12-25(13-5-2)14-8-9-16-28(25)23(29)18-22-24(30)26-15-17-27(22)19-21-11-7-6-10-20(21)3/h4-7,10-11,22H,1-2,8-9,12-19H2,3H3,(H,26,30)/t22-/m1/s1. The lowest BCUT2D eigenvalue weighted by atomic mass is 9.80. The van der Waals surface area contributed by atoms with Crippen molar-refractivity contribution in [2.24, 2.45) is 0 Å². The van der Waals surface area contributed by atoms with E-state index in [1.165, 1.54) is 11.1 Å². The predicted molar refractivity (Wildman–Crippen MR) is 121 cm³/mol. The third-order valence-corrected chi connectivity index (χ3v) is 6.64. The van der Waals surface area contributed by atoms with Crippen molar-refractivity contribution in [1.82, 2.24) is 15.1 Å². The number of amides is 2. The normalized spacial score (nSPS) is 21.7. The maximum absolute atomic E-state index is 13.5. The molecule has 2 aliphatic heterocycles. The Morgan fingerprint density at radius 1 is 1.20 bits per heavy atom. The van der Waals surface area contributed by atoms with Gasteiger partial charge in [-0.1, -0.05) is 36.4 Å². The molecule has 1 aromatic carbocycles. The Bertz CT molecular complexity index is 778. The molecule has 0 radical (unpaired) electrons. The number of hydrogen-bond acceptors (Lipinski definition) is 3. The second kappa shape index (κ2) is 10.1. The van der Waals surface area contributed by atoms with E-state index in [0.717, 1.165) is 45.2 Å². The Balaban J connectivity index is 1.79. The van der Waals surface area contributed by atoms with Crippen LogP contribution in [0, 0.1) is 6.92 Å². The monoisotopic (exact) mass is 409 g/mol. The molecule has 2 saturated heterocycles. The maximum atomic E-state index is 13.5. The first-order chi connectivity index (χ1) is 14.5. The van der Waals surface area contributed by atoms with Gasteiger partial charge in [0.05, 0.1) is 12.5 Å². The summed E-state index contributed by atoms with van der Waals surface area (Å²) in [4.78, 5) is 30.4. The highest BCUT2D eigenvalue weighted by atomic mass is 16.2. The molecule has 0 aromatic heterocycles. The van der Waals surface area contributed by atoms with Crippen LogP contribution in [0.4, 0.5) is 0 Å². The van der Waals surface area contributed by atoms with Gasteiger partial charge >= 0.3 is 0 Å². The number of piperidine rings is 1. The highest BCUT2D eigenvalue weighted by Gasteiger charge is 2.41. The van der Waals surface area contributed by atoms with Crippen molar-refractivity contribution in [1.29, 1.82) is 0 Å². The van der Waals surface area contributed by atoms with Crippen molar-refractivity contribution >= 4 is 11.8 Å². The number of hydrogen-bond donors (Lipinski definition) is 1. The fourth-order valence-corrected chi connectivity index (χ4v) is 4.99. The van der Waals surface area contributed by atoms with Gasteiger partial charge in [-0.05, 0) is 50.2 Å². The van der Waals surface area contributed by atoms with Gasteiger partial charge in [-0.25, -0.2) is 0 Å². The molecule has 2 fully saturated rings. The number of nitrogens with one attached hydrogen (secondary N) is 1. The predicted octanol–water partition coefficient (Wildman–Crippen LogP) is 3.59. The van der Waals surface area contributed by atoms with E-state index in [2.05, 4.69) is 42.4 Å². The molecule has 0 unspecified atom stereocenters. The molecule has 0 spiro atoms. The van der Waals surface area contributed by atoms with Crippen LogP contribution in [0.5, 0.6) is 0 Å². The molecule has 2 amide bonds. The van der Waals surface area contributed by atoms with Crippen LogP contribution >= 0.6 is 0 Å². The van der Waals surface area contributed by atoms with Crippen LogP contribution in [0.15, 0.2) is 49.6 Å². The lowest BCUT2D eigenvalue weighted by Crippen LogP contribution is -2.59. The van der Waals surface area contributed by atoms with Crippen molar-refractivity contribution in [3.05, 3.63) is 60.7 Å². The van der Waals surface area contributed by atoms with E-state index in [1.807, 2.05) is 29.2 Å². The van der Waals surface area contributed by atoms with Gasteiger partial charge < -0.3 is 10.2 Å². The lowest BCUT2D eigenvalue weighted by molar-refractivity contribution is -0.145. The Labute approximate surface area is 180 Å². The zero-order chi connectivity index (χ0) is 21.6. The minimum atomic E-state index is -0.432. The van der Waals surface area contributed by atoms with Gasteiger partial charge in [0.1, 0.15) is 0 Å². The van der Waals surface area contributed by atoms with Crippen molar-refractivity contribution in [3.63, 3.8) is 0 Å². The van der Waals surface area contributed by atoms with Crippen LogP contribution in [-0.2, 0) is 16.1 Å². The molecule has 1 atom stereocenters. The van der Waals surface area contributed by atoms with Crippen molar-refractivity contribution in [3.8, 4) is 0 Å². The molecule has 2 aliphatic rings. The summed E-state index contributed by atoms with van der Waals surface area (Å²) in [5.74, 6) is 0.0217. The molecule has 162 valence electrons. The van der Waals surface area contributed by atoms with Gasteiger partial charge in [0.25, 0.3) is 0 Å². The van der Waals surface area contributed by atoms with E-state index < -0.39 is 6.04 Å². The number of likely N-dealkylation sites (tertiary alicyclic amines) is 1. The number of rotatable bonds is 8. The Kier molecular flexibility index (Phi) is 7.48. The van der Waals surface area contributed by atoms with Crippen LogP contribution in [0.2, 0.25) is 0 Å². The Hall–Kier alpha value is -2.40. The largest absolute Gasteiger partial charge is 0.353 e. The van der Waals surface area contributed by atoms with Gasteiger partial charge in [0.2, 0.25) is 11.8 Å². The zero-order valence-corrected chi connectivity index (χ0v) is 18.2. The average molecular weight is 410 g/mol. The molecule has 3 rings (SSSR count). The summed E-state index contributed by atoms with van der Waals surface area (Å²) >= 11 is 0. The molecular weight excluding hydrogens is 374 g/mol. The average Bonchev–Trinajstić information content (AvgIpc) is 2.73. The summed E-state index contributed by atoms with van der Waals surface area (Å²) in [6.45, 7) is 12.7. The van der Waals surface area contributed by atoms with Crippen LogP contribution < -0.4 is 5.32 Å². The molecule has 5 heteroatoms. The summed E-state index contributed by atoms with van der Waals surface area (Å²) < 4.78 is 0. The SMILES string of the molecule is C=CCC1(CC=C)CCCCN1C(=O)C[C@@H]1C(=O)NCCN1Cc1ccccc1C. The van der Waals surface area contributed by atoms with Gasteiger partial charge in [0.15, 0.2) is 0 Å². The van der Waals surface area contributed by atoms with Crippen LogP contribution in [-0.4, -0.2) is 52.8 Å². The Morgan fingerprint density at radius 2 is 1.93 bits per heavy atom. The van der Waals surface area contributed by atoms with E-state index in [4.69, 9.17) is 0 Å². The third-order valence-electron chi connectivity index (χ3n) is 6.64. The fourth-order valence-electron chi connectivity index (χ4n) is 4.99. The van der Waals surface area contributed by atoms with Gasteiger partial charge in [-0.2, -0.15) is 0 Å². The molecule has 30 heavy (non-hydrogen) atoms. The van der Waals surface area contributed by atoms with E-state index in [1.54, 1.807) is 0 Å². The topological polar surface area (TPSA) is 52.7 Å². The van der Waals surface area contributed by atoms with Gasteiger partial charge in [-0.3, -0.25) is 14.5 Å². The van der Waals surface area contributed by atoms with Crippen molar-refractivity contribution in [2.45, 2.75) is 63.6 Å².